The van der Waals surface area contributed by atoms with Crippen LogP contribution in [0.1, 0.15) is 78.1 Å². The molecule has 20 heavy (non-hydrogen) atoms. The fourth-order valence-electron chi connectivity index (χ4n) is 2.45. The fourth-order valence-corrected chi connectivity index (χ4v) is 2.45. The van der Waals surface area contributed by atoms with Gasteiger partial charge in [-0.2, -0.15) is 0 Å². The molecule has 0 radical (unpaired) electrons. The summed E-state index contributed by atoms with van der Waals surface area (Å²) in [6, 6.07) is 0. The molecule has 0 fully saturated rings. The number of imidazole rings is 1. The van der Waals surface area contributed by atoms with E-state index in [1.807, 2.05) is 6.20 Å². The van der Waals surface area contributed by atoms with Crippen molar-refractivity contribution in [1.82, 2.24) is 9.55 Å². The van der Waals surface area contributed by atoms with E-state index in [-0.39, 0.29) is 0 Å². The molecule has 1 heterocycles. The Labute approximate surface area is 125 Å². The van der Waals surface area contributed by atoms with Crippen molar-refractivity contribution in [2.24, 2.45) is 0 Å². The van der Waals surface area contributed by atoms with Gasteiger partial charge >= 0.3 is 0 Å². The molecule has 0 unspecified atom stereocenters. The smallest absolute Gasteiger partial charge is 0.202 e. The summed E-state index contributed by atoms with van der Waals surface area (Å²) in [7, 11) is 0. The summed E-state index contributed by atoms with van der Waals surface area (Å²) in [6.07, 6.45) is 17.4. The lowest BCUT2D eigenvalue weighted by Gasteiger charge is -2.09. The van der Waals surface area contributed by atoms with Crippen LogP contribution in [0.5, 0.6) is 0 Å². The van der Waals surface area contributed by atoms with Crippen molar-refractivity contribution in [2.45, 2.75) is 84.6 Å². The number of hydrogen-bond donors (Lipinski definition) is 1. The number of aryl methyl sites for hydroxylation is 1. The van der Waals surface area contributed by atoms with Crippen LogP contribution in [-0.4, -0.2) is 16.1 Å². The van der Waals surface area contributed by atoms with E-state index >= 15 is 0 Å². The van der Waals surface area contributed by atoms with Gasteiger partial charge in [0.05, 0.1) is 0 Å². The van der Waals surface area contributed by atoms with Crippen molar-refractivity contribution in [3.05, 3.63) is 12.4 Å². The molecule has 0 saturated carbocycles. The lowest BCUT2D eigenvalue weighted by atomic mass is 10.1. The van der Waals surface area contributed by atoms with Crippen molar-refractivity contribution in [1.29, 1.82) is 0 Å². The van der Waals surface area contributed by atoms with E-state index in [2.05, 4.69) is 34.9 Å². The van der Waals surface area contributed by atoms with Gasteiger partial charge in [-0.3, -0.25) is 0 Å². The molecular formula is C17H33N3. The van der Waals surface area contributed by atoms with E-state index < -0.39 is 0 Å². The SMILES string of the molecule is CCCCCCCCCCn1ccnc1NCCCC. The van der Waals surface area contributed by atoms with Gasteiger partial charge in [-0.25, -0.2) is 4.98 Å². The first-order chi connectivity index (χ1) is 9.88. The minimum Gasteiger partial charge on any atom is -0.356 e. The van der Waals surface area contributed by atoms with Crippen LogP contribution in [0, 0.1) is 0 Å². The predicted octanol–water partition coefficient (Wildman–Crippen LogP) is 5.24. The van der Waals surface area contributed by atoms with Crippen LogP contribution in [0.3, 0.4) is 0 Å². The highest BCUT2D eigenvalue weighted by atomic mass is 15.2. The highest BCUT2D eigenvalue weighted by Gasteiger charge is 2.01. The Morgan fingerprint density at radius 2 is 1.55 bits per heavy atom. The molecule has 3 nitrogen and oxygen atoms in total. The molecule has 0 aliphatic carbocycles. The zero-order chi connectivity index (χ0) is 14.5. The van der Waals surface area contributed by atoms with Gasteiger partial charge < -0.3 is 9.88 Å². The molecule has 0 aromatic carbocycles. The van der Waals surface area contributed by atoms with E-state index in [9.17, 15) is 0 Å². The molecule has 0 saturated heterocycles. The van der Waals surface area contributed by atoms with Crippen LogP contribution >= 0.6 is 0 Å². The van der Waals surface area contributed by atoms with E-state index in [0.29, 0.717) is 0 Å². The predicted molar refractivity (Wildman–Crippen MR) is 88.2 cm³/mol. The third-order valence-corrected chi connectivity index (χ3v) is 3.78. The highest BCUT2D eigenvalue weighted by Crippen LogP contribution is 2.11. The maximum atomic E-state index is 4.39. The Hall–Kier alpha value is -0.990. The van der Waals surface area contributed by atoms with Crippen molar-refractivity contribution < 1.29 is 0 Å². The standard InChI is InChI=1S/C17H33N3/c1-3-5-7-8-9-10-11-12-15-20-16-14-19-17(20)18-13-6-4-2/h14,16H,3-13,15H2,1-2H3,(H,18,19). The van der Waals surface area contributed by atoms with Gasteiger partial charge in [0.1, 0.15) is 0 Å². The molecule has 3 heteroatoms. The average Bonchev–Trinajstić information content (AvgIpc) is 2.90. The van der Waals surface area contributed by atoms with Gasteiger partial charge in [-0.15, -0.1) is 0 Å². The zero-order valence-corrected chi connectivity index (χ0v) is 13.5. The van der Waals surface area contributed by atoms with Crippen LogP contribution in [0.4, 0.5) is 5.95 Å². The van der Waals surface area contributed by atoms with E-state index in [1.165, 1.54) is 64.2 Å². The quantitative estimate of drug-likeness (QED) is 0.501. The van der Waals surface area contributed by atoms with Gasteiger partial charge in [-0.1, -0.05) is 65.2 Å². The molecule has 0 aliphatic heterocycles. The average molecular weight is 279 g/mol. The third kappa shape index (κ3) is 7.56. The highest BCUT2D eigenvalue weighted by molar-refractivity contribution is 5.25. The molecule has 1 N–H and O–H groups in total. The number of rotatable bonds is 13. The number of anilines is 1. The zero-order valence-electron chi connectivity index (χ0n) is 13.5. The van der Waals surface area contributed by atoms with Crippen LogP contribution in [-0.2, 0) is 6.54 Å². The number of nitrogens with zero attached hydrogens (tertiary/aromatic N) is 2. The first-order valence-electron chi connectivity index (χ1n) is 8.63. The Bertz CT molecular complexity index is 320. The number of aromatic nitrogens is 2. The fraction of sp³-hybridized carbons (Fsp3) is 0.824. The monoisotopic (exact) mass is 279 g/mol. The second kappa shape index (κ2) is 11.8. The molecule has 116 valence electrons. The van der Waals surface area contributed by atoms with Crippen LogP contribution in [0.2, 0.25) is 0 Å². The van der Waals surface area contributed by atoms with Gasteiger partial charge in [0.25, 0.3) is 0 Å². The summed E-state index contributed by atoms with van der Waals surface area (Å²) < 4.78 is 2.26. The Kier molecular flexibility index (Phi) is 10.1. The van der Waals surface area contributed by atoms with Gasteiger partial charge in [0.15, 0.2) is 0 Å². The van der Waals surface area contributed by atoms with E-state index in [1.54, 1.807) is 0 Å². The number of hydrogen-bond acceptors (Lipinski definition) is 2. The van der Waals surface area contributed by atoms with E-state index in [0.717, 1.165) is 19.0 Å². The second-order valence-corrected chi connectivity index (χ2v) is 5.70. The molecule has 1 aromatic rings. The van der Waals surface area contributed by atoms with Gasteiger partial charge in [-0.05, 0) is 12.8 Å². The maximum absolute atomic E-state index is 4.39. The van der Waals surface area contributed by atoms with Gasteiger partial charge in [0, 0.05) is 25.5 Å². The second-order valence-electron chi connectivity index (χ2n) is 5.70. The van der Waals surface area contributed by atoms with Gasteiger partial charge in [0.2, 0.25) is 5.95 Å². The minimum atomic E-state index is 1.03. The number of unbranched alkanes of at least 4 members (excludes halogenated alkanes) is 8. The lowest BCUT2D eigenvalue weighted by Crippen LogP contribution is -2.08. The molecular weight excluding hydrogens is 246 g/mol. The Morgan fingerprint density at radius 1 is 0.900 bits per heavy atom. The first kappa shape index (κ1) is 17.1. The summed E-state index contributed by atoms with van der Waals surface area (Å²) in [5.74, 6) is 1.04. The molecule has 0 spiro atoms. The third-order valence-electron chi connectivity index (χ3n) is 3.78. The van der Waals surface area contributed by atoms with Crippen molar-refractivity contribution in [2.75, 3.05) is 11.9 Å². The van der Waals surface area contributed by atoms with Crippen molar-refractivity contribution in [3.63, 3.8) is 0 Å². The number of nitrogens with one attached hydrogen (secondary N) is 1. The Balaban J connectivity index is 2.05. The molecule has 0 amide bonds. The van der Waals surface area contributed by atoms with Crippen molar-refractivity contribution in [3.8, 4) is 0 Å². The van der Waals surface area contributed by atoms with E-state index in [4.69, 9.17) is 0 Å². The molecule has 1 aromatic heterocycles. The van der Waals surface area contributed by atoms with Crippen molar-refractivity contribution >= 4 is 5.95 Å². The summed E-state index contributed by atoms with van der Waals surface area (Å²) >= 11 is 0. The largest absolute Gasteiger partial charge is 0.356 e. The molecule has 0 aliphatic rings. The summed E-state index contributed by atoms with van der Waals surface area (Å²) in [4.78, 5) is 4.39. The summed E-state index contributed by atoms with van der Waals surface area (Å²) in [5, 5.41) is 3.42. The molecule has 1 rings (SSSR count). The molecule has 0 bridgehead atoms. The topological polar surface area (TPSA) is 29.9 Å². The summed E-state index contributed by atoms with van der Waals surface area (Å²) in [6.45, 7) is 6.63. The van der Waals surface area contributed by atoms with Crippen LogP contribution < -0.4 is 5.32 Å². The minimum absolute atomic E-state index is 1.03. The Morgan fingerprint density at radius 3 is 2.25 bits per heavy atom. The normalized spacial score (nSPS) is 10.9. The summed E-state index contributed by atoms with van der Waals surface area (Å²) in [5.41, 5.74) is 0. The van der Waals surface area contributed by atoms with Crippen LogP contribution in [0.15, 0.2) is 12.4 Å². The van der Waals surface area contributed by atoms with Crippen LogP contribution in [0.25, 0.3) is 0 Å². The lowest BCUT2D eigenvalue weighted by molar-refractivity contribution is 0.545. The molecule has 0 atom stereocenters. The maximum Gasteiger partial charge on any atom is 0.202 e. The first-order valence-corrected chi connectivity index (χ1v) is 8.63.